The molecule has 1 aromatic carbocycles. The van der Waals surface area contributed by atoms with Gasteiger partial charge in [-0.15, -0.1) is 0 Å². The lowest BCUT2D eigenvalue weighted by atomic mass is 9.83. The summed E-state index contributed by atoms with van der Waals surface area (Å²) in [4.78, 5) is 16.3. The number of aromatic nitrogens is 1. The maximum atomic E-state index is 12.3. The molecule has 0 saturated heterocycles. The van der Waals surface area contributed by atoms with Crippen molar-refractivity contribution in [1.29, 1.82) is 0 Å². The number of hydrogen-bond donors (Lipinski definition) is 0. The second-order valence-electron chi connectivity index (χ2n) is 5.24. The molecule has 0 amide bonds. The lowest BCUT2D eigenvalue weighted by Gasteiger charge is -2.23. The Hall–Kier alpha value is -1.87. The third kappa shape index (κ3) is 3.24. The van der Waals surface area contributed by atoms with E-state index < -0.39 is 0 Å². The van der Waals surface area contributed by atoms with Gasteiger partial charge < -0.3 is 4.74 Å². The third-order valence-electron chi connectivity index (χ3n) is 3.82. The van der Waals surface area contributed by atoms with Crippen molar-refractivity contribution in [1.82, 2.24) is 4.98 Å². The van der Waals surface area contributed by atoms with E-state index in [1.807, 2.05) is 24.3 Å². The Morgan fingerprint density at radius 3 is 2.95 bits per heavy atom. The smallest absolute Gasteiger partial charge is 0.313 e. The number of ether oxygens (including phenoxy) is 1. The zero-order chi connectivity index (χ0) is 14.7. The molecular weight excluding hydrogens is 286 g/mol. The van der Waals surface area contributed by atoms with E-state index in [0.29, 0.717) is 5.15 Å². The summed E-state index contributed by atoms with van der Waals surface area (Å²) in [5.41, 5.74) is 3.22. The molecule has 0 fully saturated rings. The number of fused-ring (bicyclic) bond motifs is 1. The average Bonchev–Trinajstić information content (AvgIpc) is 2.53. The molecule has 21 heavy (non-hydrogen) atoms. The molecule has 1 aliphatic carbocycles. The van der Waals surface area contributed by atoms with Gasteiger partial charge in [0.2, 0.25) is 0 Å². The molecule has 0 aliphatic heterocycles. The van der Waals surface area contributed by atoms with Crippen LogP contribution in [0.15, 0.2) is 42.6 Å². The molecule has 1 aliphatic rings. The van der Waals surface area contributed by atoms with Crippen LogP contribution in [0.2, 0.25) is 5.15 Å². The minimum absolute atomic E-state index is 0.143. The van der Waals surface area contributed by atoms with Gasteiger partial charge in [0.15, 0.2) is 0 Å². The van der Waals surface area contributed by atoms with Crippen LogP contribution in [0.5, 0.6) is 0 Å². The van der Waals surface area contributed by atoms with E-state index >= 15 is 0 Å². The van der Waals surface area contributed by atoms with E-state index in [4.69, 9.17) is 16.3 Å². The first kappa shape index (κ1) is 14.1. The molecule has 0 radical (unpaired) electrons. The van der Waals surface area contributed by atoms with Gasteiger partial charge in [-0.05, 0) is 36.5 Å². The second-order valence-corrected chi connectivity index (χ2v) is 5.63. The topological polar surface area (TPSA) is 39.2 Å². The standard InChI is InChI=1S/C17H16ClNO2/c18-16-9-8-12(10-19-16)11-21-17(20)15-7-3-5-13-4-1-2-6-14(13)15/h1-2,4,6,8-10,15H,3,5,7,11H2. The maximum Gasteiger partial charge on any atom is 0.313 e. The normalized spacial score (nSPS) is 17.1. The fourth-order valence-electron chi connectivity index (χ4n) is 2.75. The quantitative estimate of drug-likeness (QED) is 0.637. The summed E-state index contributed by atoms with van der Waals surface area (Å²) < 4.78 is 5.44. The molecule has 1 atom stereocenters. The Labute approximate surface area is 128 Å². The Morgan fingerprint density at radius 1 is 1.29 bits per heavy atom. The predicted molar refractivity (Wildman–Crippen MR) is 81.2 cm³/mol. The molecular formula is C17H16ClNO2. The van der Waals surface area contributed by atoms with Gasteiger partial charge >= 0.3 is 5.97 Å². The lowest BCUT2D eigenvalue weighted by molar-refractivity contribution is -0.147. The molecule has 0 N–H and O–H groups in total. The summed E-state index contributed by atoms with van der Waals surface area (Å²) in [6.45, 7) is 0.238. The van der Waals surface area contributed by atoms with Crippen LogP contribution in [0.1, 0.15) is 35.4 Å². The molecule has 0 spiro atoms. The van der Waals surface area contributed by atoms with Crippen molar-refractivity contribution in [3.63, 3.8) is 0 Å². The van der Waals surface area contributed by atoms with Gasteiger partial charge in [-0.1, -0.05) is 41.9 Å². The van der Waals surface area contributed by atoms with Gasteiger partial charge in [-0.25, -0.2) is 4.98 Å². The number of carbonyl (C=O) groups excluding carboxylic acids is 1. The number of halogens is 1. The largest absolute Gasteiger partial charge is 0.460 e. The van der Waals surface area contributed by atoms with Crippen LogP contribution in [-0.2, 0) is 22.6 Å². The fraction of sp³-hybridized carbons (Fsp3) is 0.294. The van der Waals surface area contributed by atoms with Gasteiger partial charge in [0.25, 0.3) is 0 Å². The first-order valence-electron chi connectivity index (χ1n) is 7.09. The van der Waals surface area contributed by atoms with Crippen molar-refractivity contribution >= 4 is 17.6 Å². The first-order valence-corrected chi connectivity index (χ1v) is 7.47. The minimum Gasteiger partial charge on any atom is -0.460 e. The number of esters is 1. The van der Waals surface area contributed by atoms with E-state index in [9.17, 15) is 4.79 Å². The summed E-state index contributed by atoms with van der Waals surface area (Å²) in [6, 6.07) is 11.6. The van der Waals surface area contributed by atoms with Crippen molar-refractivity contribution in [2.24, 2.45) is 0 Å². The molecule has 4 heteroatoms. The molecule has 2 aromatic rings. The van der Waals surface area contributed by atoms with Gasteiger partial charge in [0.05, 0.1) is 5.92 Å². The molecule has 108 valence electrons. The van der Waals surface area contributed by atoms with Crippen LogP contribution in [0.3, 0.4) is 0 Å². The monoisotopic (exact) mass is 301 g/mol. The van der Waals surface area contributed by atoms with Crippen LogP contribution in [0, 0.1) is 0 Å². The molecule has 1 heterocycles. The zero-order valence-corrected chi connectivity index (χ0v) is 12.3. The van der Waals surface area contributed by atoms with Crippen LogP contribution in [0.4, 0.5) is 0 Å². The van der Waals surface area contributed by atoms with E-state index in [-0.39, 0.29) is 18.5 Å². The van der Waals surface area contributed by atoms with Gasteiger partial charge in [0.1, 0.15) is 11.8 Å². The lowest BCUT2D eigenvalue weighted by Crippen LogP contribution is -2.20. The predicted octanol–water partition coefficient (Wildman–Crippen LogP) is 3.90. The number of hydrogen-bond acceptors (Lipinski definition) is 3. The summed E-state index contributed by atoms with van der Waals surface area (Å²) in [7, 11) is 0. The SMILES string of the molecule is O=C(OCc1ccc(Cl)nc1)C1CCCc2ccccc21. The number of nitrogens with zero attached hydrogens (tertiary/aromatic N) is 1. The minimum atomic E-state index is -0.155. The number of carbonyl (C=O) groups is 1. The number of aryl methyl sites for hydroxylation is 1. The molecule has 3 nitrogen and oxygen atoms in total. The number of pyridine rings is 1. The first-order chi connectivity index (χ1) is 10.2. The fourth-order valence-corrected chi connectivity index (χ4v) is 2.86. The Balaban J connectivity index is 1.68. The Bertz CT molecular complexity index is 639. The highest BCUT2D eigenvalue weighted by Gasteiger charge is 2.27. The third-order valence-corrected chi connectivity index (χ3v) is 4.05. The van der Waals surface area contributed by atoms with E-state index in [0.717, 1.165) is 30.4 Å². The summed E-state index contributed by atoms with van der Waals surface area (Å²) >= 11 is 5.73. The van der Waals surface area contributed by atoms with Crippen LogP contribution in [0.25, 0.3) is 0 Å². The van der Waals surface area contributed by atoms with Gasteiger partial charge in [-0.3, -0.25) is 4.79 Å². The zero-order valence-electron chi connectivity index (χ0n) is 11.6. The second kappa shape index (κ2) is 6.27. The Kier molecular flexibility index (Phi) is 4.20. The molecule has 0 saturated carbocycles. The van der Waals surface area contributed by atoms with Gasteiger partial charge in [-0.2, -0.15) is 0 Å². The summed E-state index contributed by atoms with van der Waals surface area (Å²) in [5.74, 6) is -0.299. The van der Waals surface area contributed by atoms with Crippen molar-refractivity contribution in [3.05, 3.63) is 64.4 Å². The highest BCUT2D eigenvalue weighted by atomic mass is 35.5. The molecule has 0 bridgehead atoms. The van der Waals surface area contributed by atoms with Crippen LogP contribution in [-0.4, -0.2) is 11.0 Å². The number of rotatable bonds is 3. The van der Waals surface area contributed by atoms with Crippen LogP contribution >= 0.6 is 11.6 Å². The van der Waals surface area contributed by atoms with E-state index in [1.165, 1.54) is 5.56 Å². The van der Waals surface area contributed by atoms with Crippen molar-refractivity contribution in [2.45, 2.75) is 31.8 Å². The number of benzene rings is 1. The average molecular weight is 302 g/mol. The van der Waals surface area contributed by atoms with Gasteiger partial charge in [0, 0.05) is 11.8 Å². The summed E-state index contributed by atoms with van der Waals surface area (Å²) in [6.07, 6.45) is 4.56. The van der Waals surface area contributed by atoms with Crippen LogP contribution < -0.4 is 0 Å². The van der Waals surface area contributed by atoms with Crippen molar-refractivity contribution in [2.75, 3.05) is 0 Å². The van der Waals surface area contributed by atoms with Crippen molar-refractivity contribution < 1.29 is 9.53 Å². The van der Waals surface area contributed by atoms with Crippen molar-refractivity contribution in [3.8, 4) is 0 Å². The summed E-state index contributed by atoms with van der Waals surface area (Å²) in [5, 5.41) is 0.436. The molecule has 1 aromatic heterocycles. The highest BCUT2D eigenvalue weighted by molar-refractivity contribution is 6.29. The molecule has 3 rings (SSSR count). The Morgan fingerprint density at radius 2 is 2.14 bits per heavy atom. The molecule has 1 unspecified atom stereocenters. The maximum absolute atomic E-state index is 12.3. The highest BCUT2D eigenvalue weighted by Crippen LogP contribution is 2.32. The van der Waals surface area contributed by atoms with E-state index in [1.54, 1.807) is 12.3 Å². The van der Waals surface area contributed by atoms with E-state index in [2.05, 4.69) is 11.1 Å².